The molecule has 0 fully saturated rings. The van der Waals surface area contributed by atoms with E-state index in [9.17, 15) is 0 Å². The van der Waals surface area contributed by atoms with E-state index >= 15 is 0 Å². The highest BCUT2D eigenvalue weighted by molar-refractivity contribution is 5.72. The molecule has 30 heavy (non-hydrogen) atoms. The second-order valence-electron chi connectivity index (χ2n) is 7.04. The van der Waals surface area contributed by atoms with E-state index in [0.717, 1.165) is 0 Å². The second kappa shape index (κ2) is 10.0. The van der Waals surface area contributed by atoms with Gasteiger partial charge in [-0.1, -0.05) is 140 Å². The van der Waals surface area contributed by atoms with E-state index in [1.165, 1.54) is 33.4 Å². The Morgan fingerprint density at radius 3 is 0.733 bits per heavy atom. The van der Waals surface area contributed by atoms with Crippen LogP contribution in [0.15, 0.2) is 146 Å². The first-order valence-electron chi connectivity index (χ1n) is 10.2. The van der Waals surface area contributed by atoms with Crippen LogP contribution >= 0.6 is 0 Å². The van der Waals surface area contributed by atoms with Crippen molar-refractivity contribution in [1.82, 2.24) is 0 Å². The molecule has 0 saturated carbocycles. The highest BCUT2D eigenvalue weighted by Crippen LogP contribution is 2.25. The molecule has 0 aromatic heterocycles. The van der Waals surface area contributed by atoms with E-state index in [4.69, 9.17) is 0 Å². The molecule has 5 aromatic carbocycles. The van der Waals surface area contributed by atoms with Gasteiger partial charge in [0.05, 0.1) is 0 Å². The lowest BCUT2D eigenvalue weighted by Gasteiger charge is -2.05. The van der Waals surface area contributed by atoms with Crippen molar-refractivity contribution in [3.8, 4) is 33.4 Å². The number of hydrogen-bond acceptors (Lipinski definition) is 0. The lowest BCUT2D eigenvalue weighted by Crippen LogP contribution is -1.80. The molecule has 0 aliphatic heterocycles. The fourth-order valence-electron chi connectivity index (χ4n) is 3.40. The van der Waals surface area contributed by atoms with Gasteiger partial charge in [-0.05, 0) is 39.4 Å². The Hall–Kier alpha value is -3.90. The van der Waals surface area contributed by atoms with Crippen molar-refractivity contribution in [1.29, 1.82) is 0 Å². The summed E-state index contributed by atoms with van der Waals surface area (Å²) < 4.78 is 0. The van der Waals surface area contributed by atoms with Crippen LogP contribution in [0.3, 0.4) is 0 Å². The lowest BCUT2D eigenvalue weighted by molar-refractivity contribution is 1.59. The van der Waals surface area contributed by atoms with Crippen molar-refractivity contribution >= 4 is 0 Å². The standard InChI is InChI=1S/C18H14.C12H10/c1-3-8-15(9-4-1)17-12-7-13-18(14-17)16-10-5-2-6-11-16;1-3-7-11(8-4-1)12-9-5-2-6-10-12/h1-14H;1-10H. The molecule has 144 valence electrons. The van der Waals surface area contributed by atoms with Crippen LogP contribution in [0.4, 0.5) is 0 Å². The van der Waals surface area contributed by atoms with Gasteiger partial charge in [0.2, 0.25) is 0 Å². The fourth-order valence-corrected chi connectivity index (χ4v) is 3.40. The van der Waals surface area contributed by atoms with E-state index < -0.39 is 0 Å². The molecule has 0 N–H and O–H groups in total. The van der Waals surface area contributed by atoms with Crippen LogP contribution in [0.5, 0.6) is 0 Å². The molecule has 0 radical (unpaired) electrons. The Morgan fingerprint density at radius 1 is 0.200 bits per heavy atom. The first-order chi connectivity index (χ1) is 14.9. The maximum absolute atomic E-state index is 2.24. The molecule has 0 nitrogen and oxygen atoms in total. The number of benzene rings is 5. The molecule has 0 unspecified atom stereocenters. The molecule has 0 atom stereocenters. The maximum atomic E-state index is 2.24. The minimum Gasteiger partial charge on any atom is -0.0622 e. The summed E-state index contributed by atoms with van der Waals surface area (Å²) in [5.41, 5.74) is 7.59. The van der Waals surface area contributed by atoms with Gasteiger partial charge in [-0.3, -0.25) is 0 Å². The summed E-state index contributed by atoms with van der Waals surface area (Å²) in [7, 11) is 0. The molecule has 0 aliphatic carbocycles. The van der Waals surface area contributed by atoms with Crippen LogP contribution in [-0.2, 0) is 0 Å². The fraction of sp³-hybridized carbons (Fsp3) is 0. The molecule has 5 rings (SSSR count). The van der Waals surface area contributed by atoms with Gasteiger partial charge in [0.15, 0.2) is 0 Å². The van der Waals surface area contributed by atoms with Crippen LogP contribution in [0, 0.1) is 0 Å². The maximum Gasteiger partial charge on any atom is -0.0178 e. The number of rotatable bonds is 3. The largest absolute Gasteiger partial charge is 0.0622 e. The zero-order chi connectivity index (χ0) is 20.4. The van der Waals surface area contributed by atoms with Crippen LogP contribution in [0.1, 0.15) is 0 Å². The third-order valence-electron chi connectivity index (χ3n) is 4.96. The SMILES string of the molecule is c1ccc(-c2cccc(-c3ccccc3)c2)cc1.c1ccc(-c2ccccc2)cc1. The zero-order valence-electron chi connectivity index (χ0n) is 16.9. The molecule has 0 heteroatoms. The topological polar surface area (TPSA) is 0 Å². The highest BCUT2D eigenvalue weighted by Gasteiger charge is 2.00. The summed E-state index contributed by atoms with van der Waals surface area (Å²) in [6, 6.07) is 50.4. The molecule has 0 bridgehead atoms. The van der Waals surface area contributed by atoms with Gasteiger partial charge in [0.25, 0.3) is 0 Å². The highest BCUT2D eigenvalue weighted by atomic mass is 14.0. The Bertz CT molecular complexity index is 1050. The first kappa shape index (κ1) is 19.4. The number of hydrogen-bond donors (Lipinski definition) is 0. The summed E-state index contributed by atoms with van der Waals surface area (Å²) in [6.45, 7) is 0. The quantitative estimate of drug-likeness (QED) is 0.293. The summed E-state index contributed by atoms with van der Waals surface area (Å²) in [5.74, 6) is 0. The van der Waals surface area contributed by atoms with Gasteiger partial charge in [-0.2, -0.15) is 0 Å². The van der Waals surface area contributed by atoms with E-state index in [0.29, 0.717) is 0 Å². The monoisotopic (exact) mass is 384 g/mol. The smallest absolute Gasteiger partial charge is 0.0178 e. The van der Waals surface area contributed by atoms with E-state index in [2.05, 4.69) is 121 Å². The average molecular weight is 385 g/mol. The van der Waals surface area contributed by atoms with E-state index in [1.54, 1.807) is 0 Å². The Kier molecular flexibility index (Phi) is 6.50. The predicted molar refractivity (Wildman–Crippen MR) is 129 cm³/mol. The van der Waals surface area contributed by atoms with Gasteiger partial charge in [-0.25, -0.2) is 0 Å². The van der Waals surface area contributed by atoms with Crippen molar-refractivity contribution in [2.75, 3.05) is 0 Å². The minimum atomic E-state index is 1.26. The summed E-state index contributed by atoms with van der Waals surface area (Å²) in [4.78, 5) is 0. The van der Waals surface area contributed by atoms with Gasteiger partial charge in [0.1, 0.15) is 0 Å². The summed E-state index contributed by atoms with van der Waals surface area (Å²) >= 11 is 0. The normalized spacial score (nSPS) is 10.0. The molecule has 0 heterocycles. The zero-order valence-corrected chi connectivity index (χ0v) is 16.9. The Labute approximate surface area is 179 Å². The lowest BCUT2D eigenvalue weighted by atomic mass is 9.99. The van der Waals surface area contributed by atoms with Crippen molar-refractivity contribution in [3.05, 3.63) is 146 Å². The van der Waals surface area contributed by atoms with Crippen LogP contribution in [0.25, 0.3) is 33.4 Å². The van der Waals surface area contributed by atoms with Crippen molar-refractivity contribution in [2.45, 2.75) is 0 Å². The molecule has 0 aliphatic rings. The van der Waals surface area contributed by atoms with Gasteiger partial charge < -0.3 is 0 Å². The molecular weight excluding hydrogens is 360 g/mol. The first-order valence-corrected chi connectivity index (χ1v) is 10.2. The van der Waals surface area contributed by atoms with Crippen LogP contribution in [-0.4, -0.2) is 0 Å². The molecule has 5 aromatic rings. The third-order valence-corrected chi connectivity index (χ3v) is 4.96. The molecular formula is C30H24. The predicted octanol–water partition coefficient (Wildman–Crippen LogP) is 8.37. The van der Waals surface area contributed by atoms with Gasteiger partial charge >= 0.3 is 0 Å². The molecule has 0 amide bonds. The van der Waals surface area contributed by atoms with Gasteiger partial charge in [-0.15, -0.1) is 0 Å². The van der Waals surface area contributed by atoms with Crippen LogP contribution < -0.4 is 0 Å². The van der Waals surface area contributed by atoms with Crippen molar-refractivity contribution < 1.29 is 0 Å². The van der Waals surface area contributed by atoms with E-state index in [-0.39, 0.29) is 0 Å². The Balaban J connectivity index is 0.000000158. The van der Waals surface area contributed by atoms with Gasteiger partial charge in [0, 0.05) is 0 Å². The van der Waals surface area contributed by atoms with Crippen molar-refractivity contribution in [3.63, 3.8) is 0 Å². The minimum absolute atomic E-state index is 1.26. The van der Waals surface area contributed by atoms with Crippen LogP contribution in [0.2, 0.25) is 0 Å². The average Bonchev–Trinajstić information content (AvgIpc) is 2.87. The van der Waals surface area contributed by atoms with Crippen molar-refractivity contribution in [2.24, 2.45) is 0 Å². The molecule has 0 saturated heterocycles. The summed E-state index contributed by atoms with van der Waals surface area (Å²) in [6.07, 6.45) is 0. The third kappa shape index (κ3) is 5.12. The summed E-state index contributed by atoms with van der Waals surface area (Å²) in [5, 5.41) is 0. The van der Waals surface area contributed by atoms with E-state index in [1.807, 2.05) is 24.3 Å². The Morgan fingerprint density at radius 2 is 0.433 bits per heavy atom. The second-order valence-corrected chi connectivity index (χ2v) is 7.04. The molecule has 0 spiro atoms.